The van der Waals surface area contributed by atoms with E-state index in [9.17, 15) is 0 Å². The van der Waals surface area contributed by atoms with Crippen LogP contribution in [0.4, 0.5) is 0 Å². The number of hydrogen-bond donors (Lipinski definition) is 2. The van der Waals surface area contributed by atoms with Gasteiger partial charge >= 0.3 is 0 Å². The van der Waals surface area contributed by atoms with Gasteiger partial charge in [-0.25, -0.2) is 0 Å². The fourth-order valence-electron chi connectivity index (χ4n) is 0.869. The average molecular weight is 170 g/mol. The first-order chi connectivity index (χ1) is 5.70. The molecule has 0 aromatic rings. The summed E-state index contributed by atoms with van der Waals surface area (Å²) in [7, 11) is 0. The number of rotatable bonds is 5. The molecule has 0 heterocycles. The van der Waals surface area contributed by atoms with Crippen molar-refractivity contribution < 1.29 is 10.2 Å². The Hall–Kier alpha value is -0.600. The third-order valence-electron chi connectivity index (χ3n) is 1.72. The maximum Gasteiger partial charge on any atom is 0.0639 e. The Morgan fingerprint density at radius 2 is 1.75 bits per heavy atom. The molecule has 0 bridgehead atoms. The van der Waals surface area contributed by atoms with Gasteiger partial charge in [-0.2, -0.15) is 0 Å². The van der Waals surface area contributed by atoms with Crippen LogP contribution in [0.2, 0.25) is 0 Å². The fourth-order valence-corrected chi connectivity index (χ4v) is 0.869. The highest BCUT2D eigenvalue weighted by Gasteiger charge is 1.88. The quantitative estimate of drug-likeness (QED) is 0.616. The predicted octanol–water partition coefficient (Wildman–Crippen LogP) is 1.64. The highest BCUT2D eigenvalue weighted by molar-refractivity contribution is 5.03. The van der Waals surface area contributed by atoms with Crippen LogP contribution >= 0.6 is 0 Å². The van der Waals surface area contributed by atoms with E-state index in [4.69, 9.17) is 10.2 Å². The molecule has 0 unspecified atom stereocenters. The molecule has 0 spiro atoms. The molecular formula is C10H18O2. The summed E-state index contributed by atoms with van der Waals surface area (Å²) in [6.07, 6.45) is 5.73. The van der Waals surface area contributed by atoms with Gasteiger partial charge in [-0.05, 0) is 26.7 Å². The van der Waals surface area contributed by atoms with Crippen LogP contribution in [-0.2, 0) is 0 Å². The van der Waals surface area contributed by atoms with Crippen LogP contribution in [0.25, 0.3) is 0 Å². The minimum Gasteiger partial charge on any atom is -0.392 e. The van der Waals surface area contributed by atoms with Crippen molar-refractivity contribution in [3.63, 3.8) is 0 Å². The zero-order valence-corrected chi connectivity index (χ0v) is 7.88. The van der Waals surface area contributed by atoms with Crippen molar-refractivity contribution in [2.24, 2.45) is 0 Å². The number of allylic oxidation sites excluding steroid dienone is 2. The lowest BCUT2D eigenvalue weighted by atomic mass is 10.1. The van der Waals surface area contributed by atoms with Crippen LogP contribution in [0, 0.1) is 0 Å². The Balaban J connectivity index is 3.62. The summed E-state index contributed by atoms with van der Waals surface area (Å²) in [6, 6.07) is 0. The lowest BCUT2D eigenvalue weighted by molar-refractivity contribution is 0.331. The van der Waals surface area contributed by atoms with Gasteiger partial charge in [-0.1, -0.05) is 23.3 Å². The van der Waals surface area contributed by atoms with Gasteiger partial charge in [0.05, 0.1) is 13.2 Å². The third-order valence-corrected chi connectivity index (χ3v) is 1.72. The molecule has 0 atom stereocenters. The molecule has 2 heteroatoms. The maximum absolute atomic E-state index is 8.68. The lowest BCUT2D eigenvalue weighted by Gasteiger charge is -1.97. The van der Waals surface area contributed by atoms with Crippen LogP contribution < -0.4 is 0 Å². The van der Waals surface area contributed by atoms with Crippen LogP contribution in [0.1, 0.15) is 26.7 Å². The van der Waals surface area contributed by atoms with Crippen molar-refractivity contribution in [3.05, 3.63) is 23.3 Å². The summed E-state index contributed by atoms with van der Waals surface area (Å²) in [5.74, 6) is 0. The molecule has 0 aliphatic rings. The largest absolute Gasteiger partial charge is 0.392 e. The molecule has 0 aliphatic heterocycles. The van der Waals surface area contributed by atoms with Gasteiger partial charge in [0.1, 0.15) is 0 Å². The van der Waals surface area contributed by atoms with Gasteiger partial charge in [0.25, 0.3) is 0 Å². The van der Waals surface area contributed by atoms with E-state index in [0.717, 1.165) is 18.4 Å². The van der Waals surface area contributed by atoms with E-state index >= 15 is 0 Å². The van der Waals surface area contributed by atoms with Crippen molar-refractivity contribution in [1.82, 2.24) is 0 Å². The second kappa shape index (κ2) is 7.07. The van der Waals surface area contributed by atoms with E-state index in [0.29, 0.717) is 0 Å². The van der Waals surface area contributed by atoms with E-state index in [1.165, 1.54) is 5.57 Å². The molecule has 70 valence electrons. The smallest absolute Gasteiger partial charge is 0.0639 e. The van der Waals surface area contributed by atoms with Gasteiger partial charge in [0, 0.05) is 0 Å². The van der Waals surface area contributed by atoms with E-state index in [1.807, 2.05) is 26.0 Å². The molecule has 0 saturated heterocycles. The van der Waals surface area contributed by atoms with Crippen molar-refractivity contribution in [1.29, 1.82) is 0 Å². The Morgan fingerprint density at radius 3 is 2.25 bits per heavy atom. The van der Waals surface area contributed by atoms with E-state index in [1.54, 1.807) is 0 Å². The van der Waals surface area contributed by atoms with E-state index < -0.39 is 0 Å². The standard InChI is InChI=1S/C10H18O2/c1-9(6-7-11)4-3-5-10(2)8-12/h5-6,11-12H,3-4,7-8H2,1-2H3/b9-6+,10-5-. The van der Waals surface area contributed by atoms with Gasteiger partial charge in [-0.15, -0.1) is 0 Å². The summed E-state index contributed by atoms with van der Waals surface area (Å²) >= 11 is 0. The first-order valence-corrected chi connectivity index (χ1v) is 4.23. The Morgan fingerprint density at radius 1 is 1.08 bits per heavy atom. The molecule has 12 heavy (non-hydrogen) atoms. The predicted molar refractivity (Wildman–Crippen MR) is 50.9 cm³/mol. The SMILES string of the molecule is C/C(=C/CC/C(C)=C/CO)CO. The van der Waals surface area contributed by atoms with Gasteiger partial charge < -0.3 is 10.2 Å². The van der Waals surface area contributed by atoms with Crippen molar-refractivity contribution >= 4 is 0 Å². The first-order valence-electron chi connectivity index (χ1n) is 4.23. The Bertz CT molecular complexity index is 169. The molecule has 0 aromatic carbocycles. The molecule has 0 radical (unpaired) electrons. The van der Waals surface area contributed by atoms with E-state index in [-0.39, 0.29) is 13.2 Å². The second-order valence-corrected chi connectivity index (χ2v) is 2.98. The van der Waals surface area contributed by atoms with Crippen molar-refractivity contribution in [3.8, 4) is 0 Å². The molecule has 2 nitrogen and oxygen atoms in total. The van der Waals surface area contributed by atoms with Gasteiger partial charge in [0.2, 0.25) is 0 Å². The number of aliphatic hydroxyl groups is 2. The van der Waals surface area contributed by atoms with E-state index in [2.05, 4.69) is 0 Å². The minimum absolute atomic E-state index is 0.120. The molecule has 0 fully saturated rings. The monoisotopic (exact) mass is 170 g/mol. The highest BCUT2D eigenvalue weighted by atomic mass is 16.3. The minimum atomic E-state index is 0.120. The molecule has 0 saturated carbocycles. The summed E-state index contributed by atoms with van der Waals surface area (Å²) in [6.45, 7) is 4.17. The molecule has 0 amide bonds. The molecule has 2 N–H and O–H groups in total. The molecule has 0 aromatic heterocycles. The van der Waals surface area contributed by atoms with Crippen molar-refractivity contribution in [2.75, 3.05) is 13.2 Å². The van der Waals surface area contributed by atoms with Gasteiger partial charge in [-0.3, -0.25) is 0 Å². The van der Waals surface area contributed by atoms with Crippen LogP contribution in [-0.4, -0.2) is 23.4 Å². The zero-order valence-electron chi connectivity index (χ0n) is 7.88. The van der Waals surface area contributed by atoms with Gasteiger partial charge in [0.15, 0.2) is 0 Å². The summed E-state index contributed by atoms with van der Waals surface area (Å²) in [5.41, 5.74) is 2.20. The van der Waals surface area contributed by atoms with Crippen molar-refractivity contribution in [2.45, 2.75) is 26.7 Å². The summed E-state index contributed by atoms with van der Waals surface area (Å²) < 4.78 is 0. The first kappa shape index (κ1) is 11.4. The Kier molecular flexibility index (Phi) is 6.72. The molecule has 0 rings (SSSR count). The van der Waals surface area contributed by atoms with Crippen LogP contribution in [0.3, 0.4) is 0 Å². The molecular weight excluding hydrogens is 152 g/mol. The summed E-state index contributed by atoms with van der Waals surface area (Å²) in [5, 5.41) is 17.2. The zero-order chi connectivity index (χ0) is 9.40. The van der Waals surface area contributed by atoms with Crippen LogP contribution in [0.15, 0.2) is 23.3 Å². The average Bonchev–Trinajstić information content (AvgIpc) is 2.04. The normalized spacial score (nSPS) is 13.7. The highest BCUT2D eigenvalue weighted by Crippen LogP contribution is 2.05. The molecule has 0 aliphatic carbocycles. The fraction of sp³-hybridized carbons (Fsp3) is 0.600. The number of hydrogen-bond acceptors (Lipinski definition) is 2. The number of aliphatic hydroxyl groups excluding tert-OH is 2. The lowest BCUT2D eigenvalue weighted by Crippen LogP contribution is -1.85. The third kappa shape index (κ3) is 6.13. The second-order valence-electron chi connectivity index (χ2n) is 2.98. The Labute approximate surface area is 74.2 Å². The van der Waals surface area contributed by atoms with Crippen LogP contribution in [0.5, 0.6) is 0 Å². The maximum atomic E-state index is 8.68. The topological polar surface area (TPSA) is 40.5 Å². The summed E-state index contributed by atoms with van der Waals surface area (Å²) in [4.78, 5) is 0.